The van der Waals surface area contributed by atoms with Crippen molar-refractivity contribution in [2.24, 2.45) is 0 Å². The zero-order valence-electron chi connectivity index (χ0n) is 25.4. The molecule has 4 rings (SSSR count). The molecule has 0 aliphatic carbocycles. The normalized spacial score (nSPS) is 17.3. The molecule has 0 unspecified atom stereocenters. The molecular formula is C29H34ClFN6O7. The lowest BCUT2D eigenvalue weighted by atomic mass is 10.0. The largest absolute Gasteiger partial charge is 0.480 e. The molecule has 0 bridgehead atoms. The van der Waals surface area contributed by atoms with Crippen LogP contribution in [-0.4, -0.2) is 72.3 Å². The molecule has 15 heteroatoms. The molecule has 1 aliphatic rings. The first-order valence-electron chi connectivity index (χ1n) is 13.9. The Hall–Kier alpha value is -4.33. The second-order valence-electron chi connectivity index (χ2n) is 12.1. The van der Waals surface area contributed by atoms with Gasteiger partial charge in [-0.05, 0) is 58.2 Å². The van der Waals surface area contributed by atoms with Gasteiger partial charge in [0.25, 0.3) is 5.56 Å². The molecule has 13 nitrogen and oxygen atoms in total. The highest BCUT2D eigenvalue weighted by Gasteiger charge is 2.42. The maximum absolute atomic E-state index is 15.1. The summed E-state index contributed by atoms with van der Waals surface area (Å²) in [5, 5.41) is 21.7. The number of carbonyl (C=O) groups is 2. The van der Waals surface area contributed by atoms with Crippen LogP contribution in [0.3, 0.4) is 0 Å². The zero-order chi connectivity index (χ0) is 32.8. The second-order valence-corrected chi connectivity index (χ2v) is 12.5. The van der Waals surface area contributed by atoms with Gasteiger partial charge in [-0.1, -0.05) is 25.4 Å². The van der Waals surface area contributed by atoms with Crippen molar-refractivity contribution in [3.8, 4) is 5.69 Å². The molecule has 3 aromatic rings. The van der Waals surface area contributed by atoms with Crippen molar-refractivity contribution in [1.29, 1.82) is 0 Å². The van der Waals surface area contributed by atoms with E-state index in [1.54, 1.807) is 46.9 Å². The fraction of sp³-hybridized carbons (Fsp3) is 0.483. The smallest absolute Gasteiger partial charge is 0.410 e. The van der Waals surface area contributed by atoms with Crippen molar-refractivity contribution in [2.75, 3.05) is 18.0 Å². The summed E-state index contributed by atoms with van der Waals surface area (Å²) in [6.45, 7) is 10.6. The highest BCUT2D eigenvalue weighted by atomic mass is 35.5. The van der Waals surface area contributed by atoms with E-state index >= 15 is 4.39 Å². The zero-order valence-corrected chi connectivity index (χ0v) is 26.2. The number of nitro groups is 1. The van der Waals surface area contributed by atoms with Gasteiger partial charge in [0.15, 0.2) is 16.6 Å². The van der Waals surface area contributed by atoms with E-state index in [0.717, 1.165) is 10.6 Å². The third-order valence-electron chi connectivity index (χ3n) is 7.28. The number of hydrogen-bond donors (Lipinski definition) is 1. The van der Waals surface area contributed by atoms with Gasteiger partial charge in [0.05, 0.1) is 23.6 Å². The van der Waals surface area contributed by atoms with Crippen LogP contribution in [0.1, 0.15) is 64.3 Å². The van der Waals surface area contributed by atoms with Crippen LogP contribution in [0, 0.1) is 22.9 Å². The number of piperazine rings is 1. The van der Waals surface area contributed by atoms with Crippen LogP contribution in [0.5, 0.6) is 0 Å². The molecule has 0 radical (unpaired) electrons. The van der Waals surface area contributed by atoms with Crippen molar-refractivity contribution in [3.63, 3.8) is 0 Å². The molecule has 1 N–H and O–H groups in total. The van der Waals surface area contributed by atoms with Crippen LogP contribution in [0.15, 0.2) is 23.1 Å². The average Bonchev–Trinajstić information content (AvgIpc) is 2.89. The van der Waals surface area contributed by atoms with Crippen molar-refractivity contribution in [3.05, 3.63) is 66.6 Å². The number of nitrogens with zero attached hydrogens (tertiary/aromatic N) is 6. The number of hydrogen-bond acceptors (Lipinski definition) is 9. The number of carboxylic acids is 1. The molecule has 4 heterocycles. The quantitative estimate of drug-likeness (QED) is 0.229. The van der Waals surface area contributed by atoms with Crippen LogP contribution in [0.25, 0.3) is 16.7 Å². The first-order chi connectivity index (χ1) is 20.4. The molecule has 236 valence electrons. The number of rotatable bonds is 6. The molecular weight excluding hydrogens is 599 g/mol. The molecule has 44 heavy (non-hydrogen) atoms. The van der Waals surface area contributed by atoms with Gasteiger partial charge in [-0.25, -0.2) is 19.0 Å². The Bertz CT molecular complexity index is 1720. The number of carboxylic acid groups (broad SMARTS) is 1. The standard InChI is InChI=1S/C29H34ClFN6O7/c1-14(2)21-22(15(3)8-9-32-21)37-25-17(10-19(31)24(30)33-25)23(18(26(37)38)12-36(42)43)35-11-16(4)34(13-20(35)27(39)40)28(41)44-29(5,6)7/h8-10,14,16,20H,11-13H2,1-7H3,(H,39,40)/t16-,20-/m1/s1. The SMILES string of the molecule is Cc1ccnc(C(C)C)c1-n1c(=O)c(C[N+](=O)[O-])c(N2C[C@@H](C)N(C(=O)OC(C)(C)C)C[C@@H]2C(=O)O)c2cc(F)c(Cl)nc21. The van der Waals surface area contributed by atoms with Gasteiger partial charge in [0.1, 0.15) is 17.2 Å². The summed E-state index contributed by atoms with van der Waals surface area (Å²) in [6, 6.07) is 0.501. The summed E-state index contributed by atoms with van der Waals surface area (Å²) in [4.78, 5) is 62.5. The topological polar surface area (TPSA) is 161 Å². The lowest BCUT2D eigenvalue weighted by Crippen LogP contribution is -2.62. The predicted octanol–water partition coefficient (Wildman–Crippen LogP) is 4.68. The first-order valence-corrected chi connectivity index (χ1v) is 14.3. The minimum atomic E-state index is -1.48. The third kappa shape index (κ3) is 6.16. The summed E-state index contributed by atoms with van der Waals surface area (Å²) in [5.41, 5.74) is -1.01. The Balaban J connectivity index is 2.08. The lowest BCUT2D eigenvalue weighted by molar-refractivity contribution is -0.496. The van der Waals surface area contributed by atoms with Gasteiger partial charge < -0.3 is 19.6 Å². The number of anilines is 1. The number of aliphatic carboxylic acids is 1. The van der Waals surface area contributed by atoms with Gasteiger partial charge in [0.2, 0.25) is 6.54 Å². The molecule has 1 aliphatic heterocycles. The van der Waals surface area contributed by atoms with Gasteiger partial charge in [-0.15, -0.1) is 0 Å². The van der Waals surface area contributed by atoms with Crippen LogP contribution < -0.4 is 10.5 Å². The molecule has 1 amide bonds. The van der Waals surface area contributed by atoms with Gasteiger partial charge in [-0.2, -0.15) is 0 Å². The Kier molecular flexibility index (Phi) is 8.87. The van der Waals surface area contributed by atoms with Gasteiger partial charge in [0, 0.05) is 29.1 Å². The third-order valence-corrected chi connectivity index (χ3v) is 7.54. The number of pyridine rings is 3. The van der Waals surface area contributed by atoms with E-state index in [0.29, 0.717) is 16.9 Å². The fourth-order valence-electron chi connectivity index (χ4n) is 5.40. The summed E-state index contributed by atoms with van der Waals surface area (Å²) < 4.78 is 21.7. The van der Waals surface area contributed by atoms with Gasteiger partial charge >= 0.3 is 12.1 Å². The summed E-state index contributed by atoms with van der Waals surface area (Å²) in [7, 11) is 0. The molecule has 2 atom stereocenters. The minimum Gasteiger partial charge on any atom is -0.480 e. The first kappa shape index (κ1) is 32.6. The lowest BCUT2D eigenvalue weighted by Gasteiger charge is -2.45. The van der Waals surface area contributed by atoms with Crippen LogP contribution >= 0.6 is 11.6 Å². The van der Waals surface area contributed by atoms with Crippen LogP contribution in [0.2, 0.25) is 5.15 Å². The summed E-state index contributed by atoms with van der Waals surface area (Å²) >= 11 is 6.12. The number of aromatic nitrogens is 3. The Labute approximate surface area is 257 Å². The number of aryl methyl sites for hydroxylation is 1. The van der Waals surface area contributed by atoms with E-state index < -0.39 is 57.7 Å². The Morgan fingerprint density at radius 2 is 1.93 bits per heavy atom. The second kappa shape index (κ2) is 12.0. The Morgan fingerprint density at radius 1 is 1.27 bits per heavy atom. The summed E-state index contributed by atoms with van der Waals surface area (Å²) in [6.07, 6.45) is 0.825. The van der Waals surface area contributed by atoms with E-state index in [1.807, 2.05) is 13.8 Å². The molecule has 0 aromatic carbocycles. The van der Waals surface area contributed by atoms with E-state index in [4.69, 9.17) is 16.3 Å². The average molecular weight is 633 g/mol. The van der Waals surface area contributed by atoms with Crippen molar-refractivity contribution in [1.82, 2.24) is 19.4 Å². The van der Waals surface area contributed by atoms with E-state index in [1.165, 1.54) is 9.80 Å². The number of halogens is 2. The number of carbonyl (C=O) groups excluding carboxylic acids is 1. The van der Waals surface area contributed by atoms with Crippen LogP contribution in [-0.2, 0) is 16.1 Å². The Morgan fingerprint density at radius 3 is 2.50 bits per heavy atom. The molecule has 1 saturated heterocycles. The molecule has 3 aromatic heterocycles. The maximum Gasteiger partial charge on any atom is 0.410 e. The molecule has 0 spiro atoms. The van der Waals surface area contributed by atoms with E-state index in [-0.39, 0.29) is 41.3 Å². The predicted molar refractivity (Wildman–Crippen MR) is 161 cm³/mol. The fourth-order valence-corrected chi connectivity index (χ4v) is 5.53. The number of ether oxygens (including phenoxy) is 1. The molecule has 1 fully saturated rings. The number of amides is 1. The van der Waals surface area contributed by atoms with Crippen molar-refractivity contribution in [2.45, 2.75) is 78.6 Å². The minimum absolute atomic E-state index is 0.0644. The van der Waals surface area contributed by atoms with E-state index in [2.05, 4.69) is 9.97 Å². The highest BCUT2D eigenvalue weighted by molar-refractivity contribution is 6.30. The highest BCUT2D eigenvalue weighted by Crippen LogP contribution is 2.37. The van der Waals surface area contributed by atoms with Gasteiger partial charge in [-0.3, -0.25) is 24.5 Å². The van der Waals surface area contributed by atoms with Crippen molar-refractivity contribution >= 4 is 40.4 Å². The monoisotopic (exact) mass is 632 g/mol. The number of fused-ring (bicyclic) bond motifs is 1. The van der Waals surface area contributed by atoms with Crippen LogP contribution in [0.4, 0.5) is 14.9 Å². The summed E-state index contributed by atoms with van der Waals surface area (Å²) in [5.74, 6) is -2.54. The van der Waals surface area contributed by atoms with E-state index in [9.17, 15) is 29.6 Å². The molecule has 0 saturated carbocycles. The van der Waals surface area contributed by atoms with Crippen molar-refractivity contribution < 1.29 is 28.7 Å². The maximum atomic E-state index is 15.1.